The van der Waals surface area contributed by atoms with Crippen molar-refractivity contribution in [1.82, 2.24) is 20.4 Å². The number of amides is 2. The van der Waals surface area contributed by atoms with E-state index in [1.54, 1.807) is 13.0 Å². The monoisotopic (exact) mass is 357 g/mol. The first-order chi connectivity index (χ1) is 12.6. The molecule has 0 atom stereocenters. The molecule has 0 aromatic carbocycles. The second kappa shape index (κ2) is 8.57. The van der Waals surface area contributed by atoms with Crippen LogP contribution >= 0.6 is 0 Å². The van der Waals surface area contributed by atoms with Crippen molar-refractivity contribution in [1.29, 1.82) is 0 Å². The molecule has 26 heavy (non-hydrogen) atoms. The van der Waals surface area contributed by atoms with E-state index in [0.29, 0.717) is 18.2 Å². The smallest absolute Gasteiger partial charge is 0.314 e. The van der Waals surface area contributed by atoms with E-state index in [0.717, 1.165) is 38.2 Å². The Labute approximate surface area is 151 Å². The van der Waals surface area contributed by atoms with Crippen LogP contribution in [0.1, 0.15) is 24.3 Å². The number of pyridine rings is 1. The third kappa shape index (κ3) is 5.13. The fourth-order valence-electron chi connectivity index (χ4n) is 2.99. The minimum Gasteiger partial charge on any atom is -0.360 e. The first-order valence-corrected chi connectivity index (χ1v) is 8.75. The highest BCUT2D eigenvalue weighted by Gasteiger charge is 2.22. The number of rotatable bonds is 5. The third-order valence-corrected chi connectivity index (χ3v) is 4.45. The quantitative estimate of drug-likeness (QED) is 0.784. The lowest BCUT2D eigenvalue weighted by Gasteiger charge is -2.31. The minimum absolute atomic E-state index is 0.241. The molecule has 1 aliphatic rings. The number of aromatic nitrogens is 2. The van der Waals surface area contributed by atoms with Crippen molar-refractivity contribution in [3.05, 3.63) is 41.9 Å². The molecule has 1 aliphatic heterocycles. The topological polar surface area (TPSA) is 100 Å². The van der Waals surface area contributed by atoms with E-state index in [-0.39, 0.29) is 5.82 Å². The van der Waals surface area contributed by atoms with E-state index >= 15 is 0 Å². The number of piperidine rings is 1. The molecule has 0 spiro atoms. The van der Waals surface area contributed by atoms with Gasteiger partial charge in [-0.2, -0.15) is 0 Å². The standard InChI is InChI=1S/C18H23N5O3/c1-13-10-16(22-26-13)21-18(25)17(24)20-11-14-5-8-23(9-6-14)12-15-4-2-3-7-19-15/h2-4,7,10,14H,5-6,8-9,11-12H2,1H3,(H,20,24)(H,21,22,25). The van der Waals surface area contributed by atoms with Gasteiger partial charge in [-0.05, 0) is 50.9 Å². The van der Waals surface area contributed by atoms with Gasteiger partial charge in [0.15, 0.2) is 5.82 Å². The number of carbonyl (C=O) groups excluding carboxylic acids is 2. The predicted octanol–water partition coefficient (Wildman–Crippen LogP) is 1.34. The van der Waals surface area contributed by atoms with E-state index in [1.807, 2.05) is 24.4 Å². The van der Waals surface area contributed by atoms with Gasteiger partial charge in [0.25, 0.3) is 0 Å². The maximum atomic E-state index is 11.9. The van der Waals surface area contributed by atoms with Gasteiger partial charge >= 0.3 is 11.8 Å². The summed E-state index contributed by atoms with van der Waals surface area (Å²) in [5, 5.41) is 8.75. The van der Waals surface area contributed by atoms with Crippen molar-refractivity contribution in [3.63, 3.8) is 0 Å². The predicted molar refractivity (Wildman–Crippen MR) is 95.1 cm³/mol. The fraction of sp³-hybridized carbons (Fsp3) is 0.444. The number of likely N-dealkylation sites (tertiary alicyclic amines) is 1. The van der Waals surface area contributed by atoms with E-state index in [1.165, 1.54) is 0 Å². The Balaban J connectivity index is 1.36. The van der Waals surface area contributed by atoms with Gasteiger partial charge in [0.05, 0.1) is 5.69 Å². The molecule has 8 heteroatoms. The average molecular weight is 357 g/mol. The molecule has 0 radical (unpaired) electrons. The summed E-state index contributed by atoms with van der Waals surface area (Å²) in [6.45, 7) is 4.98. The lowest BCUT2D eigenvalue weighted by atomic mass is 9.96. The average Bonchev–Trinajstić information content (AvgIpc) is 3.06. The lowest BCUT2D eigenvalue weighted by Crippen LogP contribution is -2.41. The second-order valence-corrected chi connectivity index (χ2v) is 6.53. The molecule has 1 fully saturated rings. The molecule has 0 unspecified atom stereocenters. The highest BCUT2D eigenvalue weighted by molar-refractivity contribution is 6.39. The van der Waals surface area contributed by atoms with Crippen LogP contribution < -0.4 is 10.6 Å². The minimum atomic E-state index is -0.731. The Morgan fingerprint density at radius 1 is 1.27 bits per heavy atom. The SMILES string of the molecule is Cc1cc(NC(=O)C(=O)NCC2CCN(Cc3ccccn3)CC2)no1. The van der Waals surface area contributed by atoms with Crippen LogP contribution in [0, 0.1) is 12.8 Å². The van der Waals surface area contributed by atoms with Gasteiger partial charge in [-0.1, -0.05) is 11.2 Å². The third-order valence-electron chi connectivity index (χ3n) is 4.45. The van der Waals surface area contributed by atoms with Crippen LogP contribution in [0.5, 0.6) is 0 Å². The zero-order chi connectivity index (χ0) is 18.4. The Bertz CT molecular complexity index is 738. The number of aryl methyl sites for hydroxylation is 1. The zero-order valence-corrected chi connectivity index (χ0v) is 14.8. The summed E-state index contributed by atoms with van der Waals surface area (Å²) < 4.78 is 4.85. The summed E-state index contributed by atoms with van der Waals surface area (Å²) in [7, 11) is 0. The number of carbonyl (C=O) groups is 2. The van der Waals surface area contributed by atoms with Crippen molar-refractivity contribution in [3.8, 4) is 0 Å². The largest absolute Gasteiger partial charge is 0.360 e. The van der Waals surface area contributed by atoms with Crippen LogP contribution in [0.4, 0.5) is 5.82 Å². The van der Waals surface area contributed by atoms with E-state index in [2.05, 4.69) is 25.7 Å². The number of hydrogen-bond acceptors (Lipinski definition) is 6. The molecule has 0 aliphatic carbocycles. The van der Waals surface area contributed by atoms with Crippen LogP contribution in [0.3, 0.4) is 0 Å². The number of nitrogens with one attached hydrogen (secondary N) is 2. The molecule has 1 saturated heterocycles. The molecule has 0 bridgehead atoms. The van der Waals surface area contributed by atoms with Gasteiger partial charge < -0.3 is 9.84 Å². The van der Waals surface area contributed by atoms with Crippen LogP contribution in [-0.4, -0.2) is 46.5 Å². The molecule has 2 amide bonds. The Morgan fingerprint density at radius 2 is 2.08 bits per heavy atom. The van der Waals surface area contributed by atoms with Gasteiger partial charge in [-0.25, -0.2) is 0 Å². The van der Waals surface area contributed by atoms with Crippen LogP contribution in [0.25, 0.3) is 0 Å². The summed E-state index contributed by atoms with van der Waals surface area (Å²) in [4.78, 5) is 30.4. The number of anilines is 1. The Hall–Kier alpha value is -2.74. The van der Waals surface area contributed by atoms with Gasteiger partial charge in [0.2, 0.25) is 0 Å². The van der Waals surface area contributed by atoms with Gasteiger partial charge in [0, 0.05) is 25.4 Å². The molecule has 3 heterocycles. The summed E-state index contributed by atoms with van der Waals surface area (Å²) in [6.07, 6.45) is 3.78. The molecule has 2 aromatic heterocycles. The molecular weight excluding hydrogens is 334 g/mol. The maximum absolute atomic E-state index is 11.9. The maximum Gasteiger partial charge on any atom is 0.314 e. The highest BCUT2D eigenvalue weighted by Crippen LogP contribution is 2.18. The molecule has 8 nitrogen and oxygen atoms in total. The molecule has 3 rings (SSSR count). The Morgan fingerprint density at radius 3 is 2.73 bits per heavy atom. The normalized spacial score (nSPS) is 15.6. The molecule has 0 saturated carbocycles. The summed E-state index contributed by atoms with van der Waals surface area (Å²) >= 11 is 0. The van der Waals surface area contributed by atoms with Crippen molar-refractivity contribution in [2.24, 2.45) is 5.92 Å². The molecular formula is C18H23N5O3. The van der Waals surface area contributed by atoms with Crippen molar-refractivity contribution >= 4 is 17.6 Å². The van der Waals surface area contributed by atoms with Crippen molar-refractivity contribution < 1.29 is 14.1 Å². The first-order valence-electron chi connectivity index (χ1n) is 8.75. The van der Waals surface area contributed by atoms with Gasteiger partial charge in [-0.15, -0.1) is 0 Å². The number of nitrogens with zero attached hydrogens (tertiary/aromatic N) is 3. The van der Waals surface area contributed by atoms with Crippen molar-refractivity contribution in [2.75, 3.05) is 25.0 Å². The van der Waals surface area contributed by atoms with Crippen LogP contribution in [-0.2, 0) is 16.1 Å². The zero-order valence-electron chi connectivity index (χ0n) is 14.8. The highest BCUT2D eigenvalue weighted by atomic mass is 16.5. The number of hydrogen-bond donors (Lipinski definition) is 2. The van der Waals surface area contributed by atoms with E-state index in [9.17, 15) is 9.59 Å². The van der Waals surface area contributed by atoms with E-state index in [4.69, 9.17) is 4.52 Å². The lowest BCUT2D eigenvalue weighted by molar-refractivity contribution is -0.136. The Kier molecular flexibility index (Phi) is 5.96. The molecule has 2 aromatic rings. The van der Waals surface area contributed by atoms with Gasteiger partial charge in [0.1, 0.15) is 5.76 Å². The summed E-state index contributed by atoms with van der Waals surface area (Å²) in [5.41, 5.74) is 1.07. The van der Waals surface area contributed by atoms with Crippen LogP contribution in [0.15, 0.2) is 35.0 Å². The first kappa shape index (κ1) is 18.1. The summed E-state index contributed by atoms with van der Waals surface area (Å²) in [5.74, 6) is -0.197. The van der Waals surface area contributed by atoms with Crippen LogP contribution in [0.2, 0.25) is 0 Å². The fourth-order valence-corrected chi connectivity index (χ4v) is 2.99. The molecule has 2 N–H and O–H groups in total. The molecule has 138 valence electrons. The van der Waals surface area contributed by atoms with Crippen molar-refractivity contribution in [2.45, 2.75) is 26.3 Å². The van der Waals surface area contributed by atoms with Gasteiger partial charge in [-0.3, -0.25) is 24.8 Å². The van der Waals surface area contributed by atoms with E-state index < -0.39 is 11.8 Å². The summed E-state index contributed by atoms with van der Waals surface area (Å²) in [6, 6.07) is 7.50. The second-order valence-electron chi connectivity index (χ2n) is 6.53.